The Labute approximate surface area is 85.2 Å². The Morgan fingerprint density at radius 1 is 1.47 bits per heavy atom. The van der Waals surface area contributed by atoms with Gasteiger partial charge in [0.25, 0.3) is 5.56 Å². The number of carboxylic acid groups (broad SMARTS) is 1. The van der Waals surface area contributed by atoms with Gasteiger partial charge in [-0.3, -0.25) is 9.36 Å². The molecule has 0 aliphatic rings. The van der Waals surface area contributed by atoms with Crippen molar-refractivity contribution in [3.63, 3.8) is 0 Å². The van der Waals surface area contributed by atoms with E-state index in [1.165, 1.54) is 6.08 Å². The highest BCUT2D eigenvalue weighted by atomic mass is 16.4. The molecule has 1 rings (SSSR count). The van der Waals surface area contributed by atoms with Crippen LogP contribution in [-0.4, -0.2) is 20.7 Å². The second-order valence-corrected chi connectivity index (χ2v) is 2.70. The average Bonchev–Trinajstić information content (AvgIpc) is 2.19. The van der Waals surface area contributed by atoms with E-state index in [2.05, 4.69) is 13.2 Å². The molecule has 0 bridgehead atoms. The van der Waals surface area contributed by atoms with Gasteiger partial charge in [0.05, 0.1) is 5.69 Å². The maximum Gasteiger partial charge on any atom is 0.341 e. The van der Waals surface area contributed by atoms with Crippen LogP contribution in [0, 0.1) is 0 Å². The molecule has 0 radical (unpaired) electrons. The minimum atomic E-state index is -1.40. The predicted molar refractivity (Wildman–Crippen MR) is 55.8 cm³/mol. The molecular weight excluding hydrogens is 198 g/mol. The molecule has 15 heavy (non-hydrogen) atoms. The Kier molecular flexibility index (Phi) is 2.75. The molecule has 5 nitrogen and oxygen atoms in total. The number of carbonyl (C=O) groups is 1. The standard InChI is InChI=1S/C10H9NO4/c1-3-7-8(12)5-6(10(14)15)9(13)11(7)4-2/h3-5,12H,1-2H2,(H,14,15). The van der Waals surface area contributed by atoms with E-state index in [9.17, 15) is 14.7 Å². The number of aromatic carboxylic acids is 1. The first-order valence-corrected chi connectivity index (χ1v) is 3.99. The van der Waals surface area contributed by atoms with Crippen LogP contribution >= 0.6 is 0 Å². The maximum absolute atomic E-state index is 11.5. The summed E-state index contributed by atoms with van der Waals surface area (Å²) < 4.78 is 0.922. The summed E-state index contributed by atoms with van der Waals surface area (Å²) in [6.45, 7) is 6.75. The number of aromatic nitrogens is 1. The molecule has 1 aromatic rings. The van der Waals surface area contributed by atoms with E-state index in [-0.39, 0.29) is 11.4 Å². The summed E-state index contributed by atoms with van der Waals surface area (Å²) in [6, 6.07) is 0.891. The highest BCUT2D eigenvalue weighted by Gasteiger charge is 2.15. The SMILES string of the molecule is C=Cc1c(O)cc(C(=O)O)c(=O)n1C=C. The first kappa shape index (κ1) is 10.8. The van der Waals surface area contributed by atoms with E-state index in [1.807, 2.05) is 0 Å². The zero-order chi connectivity index (χ0) is 11.6. The lowest BCUT2D eigenvalue weighted by molar-refractivity contribution is 0.0694. The Bertz CT molecular complexity index is 499. The molecule has 0 amide bonds. The Morgan fingerprint density at radius 3 is 2.47 bits per heavy atom. The van der Waals surface area contributed by atoms with Gasteiger partial charge >= 0.3 is 5.97 Å². The summed E-state index contributed by atoms with van der Waals surface area (Å²) >= 11 is 0. The van der Waals surface area contributed by atoms with Crippen LogP contribution in [0.4, 0.5) is 0 Å². The topological polar surface area (TPSA) is 79.5 Å². The fourth-order valence-corrected chi connectivity index (χ4v) is 1.17. The molecule has 0 spiro atoms. The zero-order valence-electron chi connectivity index (χ0n) is 7.80. The van der Waals surface area contributed by atoms with Crippen LogP contribution < -0.4 is 5.56 Å². The van der Waals surface area contributed by atoms with Crippen molar-refractivity contribution in [1.29, 1.82) is 0 Å². The summed E-state index contributed by atoms with van der Waals surface area (Å²) in [6.07, 6.45) is 2.36. The van der Waals surface area contributed by atoms with Crippen LogP contribution in [0.3, 0.4) is 0 Å². The number of nitrogens with zero attached hydrogens (tertiary/aromatic N) is 1. The smallest absolute Gasteiger partial charge is 0.341 e. The number of aromatic hydroxyl groups is 1. The molecule has 0 fully saturated rings. The minimum Gasteiger partial charge on any atom is -0.506 e. The third-order valence-electron chi connectivity index (χ3n) is 1.86. The lowest BCUT2D eigenvalue weighted by Crippen LogP contribution is -2.24. The number of carboxylic acids is 1. The van der Waals surface area contributed by atoms with Gasteiger partial charge in [0, 0.05) is 12.3 Å². The molecule has 78 valence electrons. The van der Waals surface area contributed by atoms with Gasteiger partial charge in [-0.05, 0) is 6.08 Å². The molecule has 0 aromatic carbocycles. The van der Waals surface area contributed by atoms with Crippen molar-refractivity contribution >= 4 is 18.2 Å². The van der Waals surface area contributed by atoms with Crippen LogP contribution in [0.2, 0.25) is 0 Å². The summed E-state index contributed by atoms with van der Waals surface area (Å²) in [5.74, 6) is -1.73. The highest BCUT2D eigenvalue weighted by Crippen LogP contribution is 2.17. The molecule has 1 aromatic heterocycles. The molecule has 0 saturated carbocycles. The van der Waals surface area contributed by atoms with Crippen LogP contribution in [0.15, 0.2) is 24.0 Å². The maximum atomic E-state index is 11.5. The van der Waals surface area contributed by atoms with Gasteiger partial charge < -0.3 is 10.2 Å². The van der Waals surface area contributed by atoms with Gasteiger partial charge in [0.2, 0.25) is 0 Å². The first-order valence-electron chi connectivity index (χ1n) is 3.99. The van der Waals surface area contributed by atoms with Crippen LogP contribution in [0.25, 0.3) is 12.3 Å². The number of hydrogen-bond donors (Lipinski definition) is 2. The van der Waals surface area contributed by atoms with Crippen LogP contribution in [0.1, 0.15) is 16.1 Å². The van der Waals surface area contributed by atoms with Crippen molar-refractivity contribution < 1.29 is 15.0 Å². The summed E-state index contributed by atoms with van der Waals surface area (Å²) in [4.78, 5) is 22.2. The van der Waals surface area contributed by atoms with E-state index in [1.54, 1.807) is 0 Å². The number of pyridine rings is 1. The Hall–Kier alpha value is -2.30. The molecule has 2 N–H and O–H groups in total. The average molecular weight is 207 g/mol. The van der Waals surface area contributed by atoms with Gasteiger partial charge in [0.1, 0.15) is 11.3 Å². The Morgan fingerprint density at radius 2 is 2.07 bits per heavy atom. The van der Waals surface area contributed by atoms with Crippen molar-refractivity contribution in [2.75, 3.05) is 0 Å². The molecule has 0 aliphatic carbocycles. The number of hydrogen-bond acceptors (Lipinski definition) is 3. The van der Waals surface area contributed by atoms with Gasteiger partial charge in [-0.2, -0.15) is 0 Å². The van der Waals surface area contributed by atoms with Crippen molar-refractivity contribution in [3.05, 3.63) is 40.8 Å². The van der Waals surface area contributed by atoms with E-state index < -0.39 is 17.1 Å². The van der Waals surface area contributed by atoms with E-state index >= 15 is 0 Å². The van der Waals surface area contributed by atoms with E-state index in [0.29, 0.717) is 0 Å². The molecule has 0 atom stereocenters. The Balaban J connectivity index is 3.74. The largest absolute Gasteiger partial charge is 0.506 e. The normalized spacial score (nSPS) is 9.60. The van der Waals surface area contributed by atoms with Crippen molar-refractivity contribution in [3.8, 4) is 5.75 Å². The highest BCUT2D eigenvalue weighted by molar-refractivity contribution is 5.88. The van der Waals surface area contributed by atoms with Gasteiger partial charge in [-0.25, -0.2) is 4.79 Å². The molecule has 0 aliphatic heterocycles. The summed E-state index contributed by atoms with van der Waals surface area (Å²) in [5.41, 5.74) is -1.16. The van der Waals surface area contributed by atoms with Crippen LogP contribution in [0.5, 0.6) is 5.75 Å². The molecule has 5 heteroatoms. The quantitative estimate of drug-likeness (QED) is 0.774. The monoisotopic (exact) mass is 207 g/mol. The van der Waals surface area contributed by atoms with Crippen molar-refractivity contribution in [1.82, 2.24) is 4.57 Å². The van der Waals surface area contributed by atoms with E-state index in [4.69, 9.17) is 5.11 Å². The lowest BCUT2D eigenvalue weighted by atomic mass is 10.2. The second-order valence-electron chi connectivity index (χ2n) is 2.70. The summed E-state index contributed by atoms with van der Waals surface area (Å²) in [7, 11) is 0. The van der Waals surface area contributed by atoms with Gasteiger partial charge in [-0.1, -0.05) is 13.2 Å². The second kappa shape index (κ2) is 3.83. The lowest BCUT2D eigenvalue weighted by Gasteiger charge is -2.07. The number of rotatable bonds is 3. The molecule has 0 saturated heterocycles. The molecule has 0 unspecified atom stereocenters. The third-order valence-corrected chi connectivity index (χ3v) is 1.86. The molecular formula is C10H9NO4. The zero-order valence-corrected chi connectivity index (χ0v) is 7.80. The minimum absolute atomic E-state index is 0.111. The fraction of sp³-hybridized carbons (Fsp3) is 0. The first-order chi connectivity index (χ1) is 7.02. The van der Waals surface area contributed by atoms with Crippen molar-refractivity contribution in [2.45, 2.75) is 0 Å². The fourth-order valence-electron chi connectivity index (χ4n) is 1.17. The summed E-state index contributed by atoms with van der Waals surface area (Å²) in [5, 5.41) is 18.1. The van der Waals surface area contributed by atoms with Crippen LogP contribution in [-0.2, 0) is 0 Å². The molecule has 1 heterocycles. The predicted octanol–water partition coefficient (Wildman–Crippen LogP) is 0.996. The third kappa shape index (κ3) is 1.67. The van der Waals surface area contributed by atoms with Gasteiger partial charge in [0.15, 0.2) is 0 Å². The van der Waals surface area contributed by atoms with E-state index in [0.717, 1.165) is 16.8 Å². The van der Waals surface area contributed by atoms with Crippen molar-refractivity contribution in [2.24, 2.45) is 0 Å². The van der Waals surface area contributed by atoms with Gasteiger partial charge in [-0.15, -0.1) is 0 Å².